The second-order valence-electron chi connectivity index (χ2n) is 4.38. The molecule has 0 aliphatic carbocycles. The van der Waals surface area contributed by atoms with Crippen molar-refractivity contribution in [2.75, 3.05) is 5.32 Å². The van der Waals surface area contributed by atoms with Gasteiger partial charge in [0.2, 0.25) is 5.28 Å². The summed E-state index contributed by atoms with van der Waals surface area (Å²) in [5.41, 5.74) is -0.312. The van der Waals surface area contributed by atoms with Gasteiger partial charge in [0, 0.05) is 12.7 Å². The summed E-state index contributed by atoms with van der Waals surface area (Å²) >= 11 is 7.27. The minimum atomic E-state index is -4.44. The topological polar surface area (TPSA) is 50.7 Å². The lowest BCUT2D eigenvalue weighted by Crippen LogP contribution is -2.09. The number of hydrogen-bond donors (Lipinski definition) is 1. The van der Waals surface area contributed by atoms with E-state index in [1.165, 1.54) is 23.6 Å². The van der Waals surface area contributed by atoms with Crippen molar-refractivity contribution in [3.8, 4) is 0 Å². The Morgan fingerprint density at radius 3 is 2.68 bits per heavy atom. The van der Waals surface area contributed by atoms with E-state index in [9.17, 15) is 13.2 Å². The van der Waals surface area contributed by atoms with Crippen LogP contribution in [0.15, 0.2) is 29.8 Å². The van der Waals surface area contributed by atoms with Crippen LogP contribution in [0.25, 0.3) is 10.2 Å². The lowest BCUT2D eigenvalue weighted by molar-refractivity contribution is -0.141. The van der Waals surface area contributed by atoms with Crippen LogP contribution >= 0.6 is 22.9 Å². The molecular formula is C13H8ClF3N4S. The van der Waals surface area contributed by atoms with Gasteiger partial charge in [-0.15, -0.1) is 11.3 Å². The lowest BCUT2D eigenvalue weighted by atomic mass is 10.2. The van der Waals surface area contributed by atoms with Crippen molar-refractivity contribution in [3.05, 3.63) is 46.3 Å². The van der Waals surface area contributed by atoms with Crippen molar-refractivity contribution >= 4 is 39.0 Å². The van der Waals surface area contributed by atoms with Crippen LogP contribution in [0.1, 0.15) is 11.3 Å². The molecule has 9 heteroatoms. The van der Waals surface area contributed by atoms with Gasteiger partial charge in [-0.25, -0.2) is 9.97 Å². The Labute approximate surface area is 132 Å². The van der Waals surface area contributed by atoms with Gasteiger partial charge in [0.25, 0.3) is 0 Å². The van der Waals surface area contributed by atoms with Gasteiger partial charge in [0.05, 0.1) is 5.39 Å². The molecule has 0 saturated heterocycles. The molecule has 114 valence electrons. The second kappa shape index (κ2) is 5.69. The molecule has 3 aromatic heterocycles. The lowest BCUT2D eigenvalue weighted by Gasteiger charge is -2.09. The Morgan fingerprint density at radius 2 is 2.00 bits per heavy atom. The number of thiophene rings is 1. The Hall–Kier alpha value is -1.93. The zero-order chi connectivity index (χ0) is 15.7. The van der Waals surface area contributed by atoms with Gasteiger partial charge in [-0.2, -0.15) is 13.2 Å². The predicted molar refractivity (Wildman–Crippen MR) is 79.0 cm³/mol. The summed E-state index contributed by atoms with van der Waals surface area (Å²) in [6, 6.07) is 4.17. The molecule has 1 N–H and O–H groups in total. The van der Waals surface area contributed by atoms with E-state index in [-0.39, 0.29) is 11.8 Å². The number of halogens is 4. The Morgan fingerprint density at radius 1 is 1.18 bits per heavy atom. The van der Waals surface area contributed by atoms with Gasteiger partial charge in [0.1, 0.15) is 16.3 Å². The van der Waals surface area contributed by atoms with E-state index >= 15 is 0 Å². The smallest absolute Gasteiger partial charge is 0.365 e. The summed E-state index contributed by atoms with van der Waals surface area (Å²) in [5.74, 6) is 0.538. The molecular weight excluding hydrogens is 337 g/mol. The Bertz CT molecular complexity index is 801. The molecule has 3 aromatic rings. The molecule has 4 nitrogen and oxygen atoms in total. The molecule has 22 heavy (non-hydrogen) atoms. The highest BCUT2D eigenvalue weighted by molar-refractivity contribution is 7.16. The van der Waals surface area contributed by atoms with Crippen LogP contribution in [0.3, 0.4) is 0 Å². The molecule has 0 aromatic carbocycles. The number of anilines is 1. The second-order valence-corrected chi connectivity index (χ2v) is 5.62. The highest BCUT2D eigenvalue weighted by Gasteiger charge is 2.31. The van der Waals surface area contributed by atoms with E-state index in [1.807, 2.05) is 11.4 Å². The van der Waals surface area contributed by atoms with E-state index in [1.54, 1.807) is 0 Å². The molecule has 0 radical (unpaired) electrons. The third kappa shape index (κ3) is 3.12. The van der Waals surface area contributed by atoms with E-state index in [0.717, 1.165) is 16.3 Å². The average molecular weight is 345 g/mol. The van der Waals surface area contributed by atoms with Crippen LogP contribution in [0, 0.1) is 0 Å². The number of nitrogens with zero attached hydrogens (tertiary/aromatic N) is 3. The molecule has 3 rings (SSSR count). The summed E-state index contributed by atoms with van der Waals surface area (Å²) in [6.07, 6.45) is -3.25. The monoisotopic (exact) mass is 344 g/mol. The molecule has 0 unspecified atom stereocenters. The van der Waals surface area contributed by atoms with Crippen LogP contribution in [0.2, 0.25) is 5.28 Å². The fraction of sp³-hybridized carbons (Fsp3) is 0.154. The van der Waals surface area contributed by atoms with Crippen molar-refractivity contribution in [2.45, 2.75) is 12.7 Å². The van der Waals surface area contributed by atoms with Gasteiger partial charge in [-0.3, -0.25) is 4.98 Å². The van der Waals surface area contributed by atoms with Gasteiger partial charge in [-0.1, -0.05) is 6.07 Å². The fourth-order valence-electron chi connectivity index (χ4n) is 1.85. The molecule has 0 spiro atoms. The van der Waals surface area contributed by atoms with Crippen molar-refractivity contribution in [1.82, 2.24) is 15.0 Å². The van der Waals surface area contributed by atoms with Crippen LogP contribution in [-0.4, -0.2) is 15.0 Å². The van der Waals surface area contributed by atoms with E-state index in [2.05, 4.69) is 20.3 Å². The van der Waals surface area contributed by atoms with Crippen molar-refractivity contribution in [2.24, 2.45) is 0 Å². The highest BCUT2D eigenvalue weighted by atomic mass is 35.5. The first-order valence-electron chi connectivity index (χ1n) is 6.10. The highest BCUT2D eigenvalue weighted by Crippen LogP contribution is 2.28. The third-order valence-electron chi connectivity index (χ3n) is 2.87. The SMILES string of the molecule is FC(F)(F)c1ccc(CNc2nc(Cl)nc3sccc23)cn1. The summed E-state index contributed by atoms with van der Waals surface area (Å²) in [5, 5.41) is 5.83. The molecule has 0 aliphatic heterocycles. The van der Waals surface area contributed by atoms with Crippen LogP contribution in [0.4, 0.5) is 19.0 Å². The first-order valence-corrected chi connectivity index (χ1v) is 7.36. The van der Waals surface area contributed by atoms with Crippen LogP contribution < -0.4 is 5.32 Å². The Kier molecular flexibility index (Phi) is 3.88. The predicted octanol–water partition coefficient (Wildman–Crippen LogP) is 4.37. The molecule has 0 amide bonds. The van der Waals surface area contributed by atoms with E-state index < -0.39 is 11.9 Å². The zero-order valence-electron chi connectivity index (χ0n) is 10.9. The molecule has 0 atom stereocenters. The molecule has 3 heterocycles. The van der Waals surface area contributed by atoms with Crippen LogP contribution in [0.5, 0.6) is 0 Å². The van der Waals surface area contributed by atoms with Gasteiger partial charge in [0.15, 0.2) is 0 Å². The summed E-state index contributed by atoms with van der Waals surface area (Å²) in [4.78, 5) is 12.3. The van der Waals surface area contributed by atoms with Gasteiger partial charge >= 0.3 is 6.18 Å². The Balaban J connectivity index is 1.78. The maximum Gasteiger partial charge on any atom is 0.433 e. The maximum atomic E-state index is 12.4. The van der Waals surface area contributed by atoms with Crippen molar-refractivity contribution < 1.29 is 13.2 Å². The van der Waals surface area contributed by atoms with Crippen LogP contribution in [-0.2, 0) is 12.7 Å². The van der Waals surface area contributed by atoms with E-state index in [4.69, 9.17) is 11.6 Å². The average Bonchev–Trinajstić information content (AvgIpc) is 2.92. The molecule has 0 fully saturated rings. The number of fused-ring (bicyclic) bond motifs is 1. The summed E-state index contributed by atoms with van der Waals surface area (Å²) in [6.45, 7) is 0.281. The molecule has 0 aliphatic rings. The normalized spacial score (nSPS) is 11.8. The number of aromatic nitrogens is 3. The van der Waals surface area contributed by atoms with Gasteiger partial charge < -0.3 is 5.32 Å². The first kappa shape index (κ1) is 15.0. The van der Waals surface area contributed by atoms with E-state index in [0.29, 0.717) is 11.4 Å². The molecule has 0 bridgehead atoms. The number of nitrogens with one attached hydrogen (secondary N) is 1. The molecule has 0 saturated carbocycles. The summed E-state index contributed by atoms with van der Waals surface area (Å²) < 4.78 is 37.3. The quantitative estimate of drug-likeness (QED) is 0.717. The largest absolute Gasteiger partial charge is 0.433 e. The number of rotatable bonds is 3. The summed E-state index contributed by atoms with van der Waals surface area (Å²) in [7, 11) is 0. The number of alkyl halides is 3. The maximum absolute atomic E-state index is 12.4. The minimum Gasteiger partial charge on any atom is -0.365 e. The number of pyridine rings is 1. The third-order valence-corrected chi connectivity index (χ3v) is 3.85. The zero-order valence-corrected chi connectivity index (χ0v) is 12.4. The van der Waals surface area contributed by atoms with Crippen molar-refractivity contribution in [3.63, 3.8) is 0 Å². The fourth-order valence-corrected chi connectivity index (χ4v) is 2.83. The van der Waals surface area contributed by atoms with Crippen molar-refractivity contribution in [1.29, 1.82) is 0 Å². The first-order chi connectivity index (χ1) is 10.4. The van der Waals surface area contributed by atoms with Gasteiger partial charge in [-0.05, 0) is 34.7 Å². The minimum absolute atomic E-state index is 0.114. The standard InChI is InChI=1S/C13H8ClF3N4S/c14-12-20-10(8-3-4-22-11(8)21-12)19-6-7-1-2-9(18-5-7)13(15,16)17/h1-5H,6H2,(H,19,20,21). The number of hydrogen-bond acceptors (Lipinski definition) is 5.